The zero-order chi connectivity index (χ0) is 25.0. The first-order chi connectivity index (χ1) is 16.7. The van der Waals surface area contributed by atoms with Crippen LogP contribution in [0.1, 0.15) is 69.2 Å². The Kier molecular flexibility index (Phi) is 6.02. The van der Waals surface area contributed by atoms with Crippen LogP contribution in [-0.4, -0.2) is 40.9 Å². The molecule has 0 saturated heterocycles. The molecule has 1 aliphatic heterocycles. The van der Waals surface area contributed by atoms with Crippen molar-refractivity contribution in [1.29, 1.82) is 0 Å². The second-order valence-electron chi connectivity index (χ2n) is 11.7. The first kappa shape index (κ1) is 24.0. The van der Waals surface area contributed by atoms with E-state index in [1.54, 1.807) is 35.8 Å². The molecule has 3 N–H and O–H groups in total. The molecule has 3 saturated carbocycles. The van der Waals surface area contributed by atoms with E-state index in [9.17, 15) is 14.4 Å². The second kappa shape index (κ2) is 8.77. The van der Waals surface area contributed by atoms with E-state index in [-0.39, 0.29) is 28.7 Å². The van der Waals surface area contributed by atoms with Crippen LogP contribution in [0.15, 0.2) is 36.4 Å². The number of rotatable bonds is 4. The summed E-state index contributed by atoms with van der Waals surface area (Å²) in [5.74, 6) is 1.68. The Morgan fingerprint density at radius 3 is 2.69 bits per heavy atom. The summed E-state index contributed by atoms with van der Waals surface area (Å²) in [5, 5.41) is 11.8. The zero-order valence-corrected chi connectivity index (χ0v) is 20.9. The molecular formula is C28H37N3O4. The molecule has 1 heterocycles. The molecule has 0 radical (unpaired) electrons. The fourth-order valence-corrected chi connectivity index (χ4v) is 8.42. The minimum Gasteiger partial charge on any atom is -0.338 e. The number of amides is 3. The maximum absolute atomic E-state index is 13.0. The molecule has 1 aromatic rings. The standard InChI is InChI=1S/C28H37N3O4/c1-27-13-11-22-20(8-10-23-28(22,2)14-12-25(33)31(23)3)21(27)9-7-18(27)16-24(32)29-19-6-4-5-17(15-19)26(34)30-35/h4-6,12,14-15,18,20-23,35H,7-11,13,16H2,1-3H3,(H,29,32)(H,30,34)/t18-,20+,21+,22+,23-,27-,28-/m1/s1. The minimum absolute atomic E-state index is 0.0217. The van der Waals surface area contributed by atoms with Gasteiger partial charge in [-0.2, -0.15) is 0 Å². The molecule has 7 nitrogen and oxygen atoms in total. The Bertz CT molecular complexity index is 1070. The highest BCUT2D eigenvalue weighted by Crippen LogP contribution is 2.65. The van der Waals surface area contributed by atoms with E-state index < -0.39 is 5.91 Å². The van der Waals surface area contributed by atoms with Crippen molar-refractivity contribution in [2.24, 2.45) is 34.5 Å². The van der Waals surface area contributed by atoms with Crippen LogP contribution in [0.2, 0.25) is 0 Å². The summed E-state index contributed by atoms with van der Waals surface area (Å²) < 4.78 is 0. The van der Waals surface area contributed by atoms with E-state index >= 15 is 0 Å². The fraction of sp³-hybridized carbons (Fsp3) is 0.607. The van der Waals surface area contributed by atoms with Gasteiger partial charge in [-0.25, -0.2) is 5.48 Å². The molecule has 0 aromatic heterocycles. The molecule has 5 rings (SSSR count). The van der Waals surface area contributed by atoms with E-state index in [4.69, 9.17) is 5.21 Å². The quantitative estimate of drug-likeness (QED) is 0.441. The van der Waals surface area contributed by atoms with Crippen molar-refractivity contribution in [3.8, 4) is 0 Å². The summed E-state index contributed by atoms with van der Waals surface area (Å²) >= 11 is 0. The largest absolute Gasteiger partial charge is 0.338 e. The fourth-order valence-electron chi connectivity index (χ4n) is 8.42. The van der Waals surface area contributed by atoms with Crippen LogP contribution in [0.5, 0.6) is 0 Å². The van der Waals surface area contributed by atoms with Crippen LogP contribution in [0.4, 0.5) is 5.69 Å². The van der Waals surface area contributed by atoms with Crippen LogP contribution in [0, 0.1) is 34.5 Å². The highest BCUT2D eigenvalue weighted by molar-refractivity contribution is 5.96. The van der Waals surface area contributed by atoms with Gasteiger partial charge in [-0.1, -0.05) is 26.0 Å². The number of nitrogens with one attached hydrogen (secondary N) is 2. The average Bonchev–Trinajstić information content (AvgIpc) is 3.17. The number of likely N-dealkylation sites (N-methyl/N-ethyl adjacent to an activating group) is 1. The van der Waals surface area contributed by atoms with Crippen molar-refractivity contribution in [2.75, 3.05) is 12.4 Å². The van der Waals surface area contributed by atoms with Gasteiger partial charge in [0.15, 0.2) is 0 Å². The number of fused-ring (bicyclic) bond motifs is 5. The van der Waals surface area contributed by atoms with Gasteiger partial charge >= 0.3 is 0 Å². The van der Waals surface area contributed by atoms with Crippen LogP contribution in [-0.2, 0) is 9.59 Å². The first-order valence-electron chi connectivity index (χ1n) is 13.0. The summed E-state index contributed by atoms with van der Waals surface area (Å²) in [5.41, 5.74) is 2.68. The van der Waals surface area contributed by atoms with Gasteiger partial charge < -0.3 is 10.2 Å². The van der Waals surface area contributed by atoms with E-state index in [1.165, 1.54) is 6.42 Å². The van der Waals surface area contributed by atoms with E-state index in [0.717, 1.165) is 32.1 Å². The van der Waals surface area contributed by atoms with Gasteiger partial charge in [0.1, 0.15) is 0 Å². The van der Waals surface area contributed by atoms with Crippen molar-refractivity contribution < 1.29 is 19.6 Å². The summed E-state index contributed by atoms with van der Waals surface area (Å²) in [7, 11) is 1.96. The molecule has 7 heteroatoms. The second-order valence-corrected chi connectivity index (χ2v) is 11.7. The molecule has 1 aromatic carbocycles. The predicted octanol–water partition coefficient (Wildman–Crippen LogP) is 4.39. The van der Waals surface area contributed by atoms with Crippen molar-refractivity contribution in [3.05, 3.63) is 42.0 Å². The van der Waals surface area contributed by atoms with Crippen molar-refractivity contribution in [3.63, 3.8) is 0 Å². The Hall–Kier alpha value is -2.67. The molecule has 7 atom stereocenters. The van der Waals surface area contributed by atoms with Gasteiger partial charge in [0, 0.05) is 36.2 Å². The first-order valence-corrected chi connectivity index (χ1v) is 13.0. The van der Waals surface area contributed by atoms with Crippen molar-refractivity contribution in [1.82, 2.24) is 10.4 Å². The van der Waals surface area contributed by atoms with Crippen LogP contribution in [0.25, 0.3) is 0 Å². The number of nitrogens with zero attached hydrogens (tertiary/aromatic N) is 1. The number of hydroxylamine groups is 1. The number of anilines is 1. The Morgan fingerprint density at radius 2 is 1.91 bits per heavy atom. The van der Waals surface area contributed by atoms with Gasteiger partial charge in [-0.15, -0.1) is 0 Å². The highest BCUT2D eigenvalue weighted by atomic mass is 16.5. The average molecular weight is 480 g/mol. The number of hydrogen-bond acceptors (Lipinski definition) is 4. The lowest BCUT2D eigenvalue weighted by Crippen LogP contribution is -2.59. The molecule has 3 fully saturated rings. The SMILES string of the molecule is CN1C(=O)C=C[C@]2(C)[C@H]3CC[C@]4(C)[C@@H](CC(=O)Nc5cccc(C(=O)NO)c5)CC[C@H]4[C@@H]3CC[C@@H]12. The van der Waals surface area contributed by atoms with Gasteiger partial charge in [0.2, 0.25) is 11.8 Å². The lowest BCUT2D eigenvalue weighted by molar-refractivity contribution is -0.139. The molecule has 4 aliphatic rings. The topological polar surface area (TPSA) is 98.7 Å². The molecule has 35 heavy (non-hydrogen) atoms. The Balaban J connectivity index is 1.28. The highest BCUT2D eigenvalue weighted by Gasteiger charge is 2.60. The third-order valence-corrected chi connectivity index (χ3v) is 10.3. The number of carbonyl (C=O) groups is 3. The van der Waals surface area contributed by atoms with Gasteiger partial charge in [0.25, 0.3) is 5.91 Å². The normalized spacial score (nSPS) is 37.8. The number of benzene rings is 1. The molecule has 0 unspecified atom stereocenters. The lowest BCUT2D eigenvalue weighted by Gasteiger charge is -2.60. The van der Waals surface area contributed by atoms with Gasteiger partial charge in [-0.3, -0.25) is 19.6 Å². The molecule has 0 bridgehead atoms. The van der Waals surface area contributed by atoms with Crippen molar-refractivity contribution >= 4 is 23.4 Å². The van der Waals surface area contributed by atoms with Crippen molar-refractivity contribution in [2.45, 2.75) is 64.8 Å². The third-order valence-electron chi connectivity index (χ3n) is 10.3. The van der Waals surface area contributed by atoms with Crippen LogP contribution in [0.3, 0.4) is 0 Å². The van der Waals surface area contributed by atoms with E-state index in [1.807, 2.05) is 11.9 Å². The van der Waals surface area contributed by atoms with Crippen LogP contribution >= 0.6 is 0 Å². The molecule has 0 spiro atoms. The third kappa shape index (κ3) is 3.88. The number of carbonyl (C=O) groups excluding carboxylic acids is 3. The Labute approximate surface area is 207 Å². The summed E-state index contributed by atoms with van der Waals surface area (Å²) in [4.78, 5) is 39.0. The van der Waals surface area contributed by atoms with Gasteiger partial charge in [-0.05, 0) is 91.9 Å². The molecule has 3 aliphatic carbocycles. The lowest BCUT2D eigenvalue weighted by atomic mass is 9.47. The monoisotopic (exact) mass is 479 g/mol. The summed E-state index contributed by atoms with van der Waals surface area (Å²) in [6.45, 7) is 4.77. The molecule has 3 amide bonds. The smallest absolute Gasteiger partial charge is 0.274 e. The maximum Gasteiger partial charge on any atom is 0.274 e. The molecule has 188 valence electrons. The van der Waals surface area contributed by atoms with Crippen LogP contribution < -0.4 is 10.8 Å². The van der Waals surface area contributed by atoms with Gasteiger partial charge in [0.05, 0.1) is 0 Å². The zero-order valence-electron chi connectivity index (χ0n) is 20.9. The maximum atomic E-state index is 13.0. The predicted molar refractivity (Wildman–Crippen MR) is 133 cm³/mol. The minimum atomic E-state index is -0.601. The number of hydrogen-bond donors (Lipinski definition) is 3. The van der Waals surface area contributed by atoms with E-state index in [2.05, 4.69) is 25.2 Å². The Morgan fingerprint density at radius 1 is 1.11 bits per heavy atom. The molecular weight excluding hydrogens is 442 g/mol. The van der Waals surface area contributed by atoms with E-state index in [0.29, 0.717) is 41.3 Å². The summed E-state index contributed by atoms with van der Waals surface area (Å²) in [6.07, 6.45) is 11.2. The summed E-state index contributed by atoms with van der Waals surface area (Å²) in [6, 6.07) is 6.90.